The van der Waals surface area contributed by atoms with Crippen LogP contribution in [0.15, 0.2) is 17.3 Å². The van der Waals surface area contributed by atoms with E-state index in [2.05, 4.69) is 16.2 Å². The van der Waals surface area contributed by atoms with Crippen molar-refractivity contribution in [2.24, 2.45) is 0 Å². The maximum absolute atomic E-state index is 12.7. The van der Waals surface area contributed by atoms with Crippen molar-refractivity contribution >= 4 is 37.1 Å². The number of terminal acetylenes is 1. The molecule has 0 aliphatic rings. The molecule has 0 radical (unpaired) electrons. The van der Waals surface area contributed by atoms with Crippen molar-refractivity contribution in [2.45, 2.75) is 5.03 Å². The Morgan fingerprint density at radius 1 is 1.39 bits per heavy atom. The number of hydrogen-bond acceptors (Lipinski definition) is 10. The zero-order chi connectivity index (χ0) is 25.0. The molecule has 0 fully saturated rings. The minimum atomic E-state index is -4.26. The van der Waals surface area contributed by atoms with E-state index in [0.29, 0.717) is 6.54 Å². The Kier molecular flexibility index (Phi) is 12.0. The number of phosphoric acid groups is 1. The summed E-state index contributed by atoms with van der Waals surface area (Å²) < 4.78 is 21.2. The van der Waals surface area contributed by atoms with Crippen LogP contribution >= 0.6 is 19.6 Å². The van der Waals surface area contributed by atoms with Gasteiger partial charge in [0, 0.05) is 25.4 Å². The van der Waals surface area contributed by atoms with Crippen LogP contribution in [-0.2, 0) is 18.4 Å². The number of phosphoric ester groups is 1. The summed E-state index contributed by atoms with van der Waals surface area (Å²) in [6.45, 7) is -0.710. The van der Waals surface area contributed by atoms with Crippen LogP contribution in [0.3, 0.4) is 0 Å². The monoisotopic (exact) mass is 503 g/mol. The molecule has 0 bridgehead atoms. The SMILES string of the molecule is C#CCN(CC(=O)NCCOP(=O)(O)OCCN(C)C)C(=O)c1cnc(SC)c([N+](=O)[O-])c1. The van der Waals surface area contributed by atoms with Gasteiger partial charge in [0.25, 0.3) is 5.91 Å². The smallest absolute Gasteiger partial charge is 0.352 e. The number of carbonyl (C=O) groups is 2. The van der Waals surface area contributed by atoms with Crippen LogP contribution in [-0.4, -0.2) is 96.2 Å². The van der Waals surface area contributed by atoms with Crippen molar-refractivity contribution in [3.63, 3.8) is 0 Å². The molecule has 1 aromatic rings. The highest BCUT2D eigenvalue weighted by Crippen LogP contribution is 2.42. The number of nitrogens with one attached hydrogen (secondary N) is 1. The highest BCUT2D eigenvalue weighted by Gasteiger charge is 2.24. The standard InChI is InChI=1S/C18H26N5O8PS/c1-5-7-22(18(25)14-11-15(23(26)27)17(33-4)20-12-14)13-16(24)19-6-9-30-32(28,29)31-10-8-21(2)3/h1,11-12H,6-10,13H2,2-4H3,(H,19,24)(H,28,29). The molecule has 0 saturated heterocycles. The van der Waals surface area contributed by atoms with Gasteiger partial charge in [-0.2, -0.15) is 0 Å². The van der Waals surface area contributed by atoms with Crippen molar-refractivity contribution in [1.82, 2.24) is 20.1 Å². The maximum atomic E-state index is 12.7. The molecule has 33 heavy (non-hydrogen) atoms. The maximum Gasteiger partial charge on any atom is 0.472 e. The van der Waals surface area contributed by atoms with Crippen LogP contribution in [0.1, 0.15) is 10.4 Å². The summed E-state index contributed by atoms with van der Waals surface area (Å²) in [7, 11) is -0.713. The number of amides is 2. The Hall–Kier alpha value is -2.53. The largest absolute Gasteiger partial charge is 0.472 e. The van der Waals surface area contributed by atoms with E-state index < -0.39 is 31.1 Å². The first kappa shape index (κ1) is 28.5. The van der Waals surface area contributed by atoms with Crippen LogP contribution in [0, 0.1) is 22.5 Å². The zero-order valence-corrected chi connectivity index (χ0v) is 20.1. The summed E-state index contributed by atoms with van der Waals surface area (Å²) in [5.41, 5.74) is -0.432. The first-order chi connectivity index (χ1) is 15.5. The Morgan fingerprint density at radius 3 is 2.64 bits per heavy atom. The fraction of sp³-hybridized carbons (Fsp3) is 0.500. The lowest BCUT2D eigenvalue weighted by Crippen LogP contribution is -2.41. The van der Waals surface area contributed by atoms with Crippen molar-refractivity contribution in [1.29, 1.82) is 0 Å². The number of nitro groups is 1. The van der Waals surface area contributed by atoms with E-state index in [-0.39, 0.29) is 42.6 Å². The Labute approximate surface area is 195 Å². The summed E-state index contributed by atoms with van der Waals surface area (Å²) in [5.74, 6) is 0.920. The molecule has 15 heteroatoms. The first-order valence-electron chi connectivity index (χ1n) is 9.45. The van der Waals surface area contributed by atoms with Crippen LogP contribution < -0.4 is 5.32 Å². The van der Waals surface area contributed by atoms with E-state index in [4.69, 9.17) is 15.5 Å². The van der Waals surface area contributed by atoms with Gasteiger partial charge in [0.2, 0.25) is 5.91 Å². The van der Waals surface area contributed by atoms with Gasteiger partial charge in [-0.3, -0.25) is 28.8 Å². The molecule has 1 rings (SSSR count). The number of aromatic nitrogens is 1. The second-order valence-corrected chi connectivity index (χ2v) is 8.91. The van der Waals surface area contributed by atoms with Crippen LogP contribution in [0.4, 0.5) is 5.69 Å². The summed E-state index contributed by atoms with van der Waals surface area (Å²) in [6, 6.07) is 1.07. The quantitative estimate of drug-likeness (QED) is 0.0912. The predicted molar refractivity (Wildman–Crippen MR) is 121 cm³/mol. The van der Waals surface area contributed by atoms with E-state index in [1.54, 1.807) is 25.3 Å². The molecule has 0 aliphatic heterocycles. The number of nitrogens with zero attached hydrogens (tertiary/aromatic N) is 4. The lowest BCUT2D eigenvalue weighted by Gasteiger charge is -2.20. The number of carbonyl (C=O) groups excluding carboxylic acids is 2. The highest BCUT2D eigenvalue weighted by molar-refractivity contribution is 7.98. The van der Waals surface area contributed by atoms with Crippen molar-refractivity contribution in [3.05, 3.63) is 27.9 Å². The molecule has 1 aromatic heterocycles. The van der Waals surface area contributed by atoms with Gasteiger partial charge in [-0.25, -0.2) is 9.55 Å². The van der Waals surface area contributed by atoms with E-state index in [1.807, 2.05) is 0 Å². The molecular weight excluding hydrogens is 477 g/mol. The van der Waals surface area contributed by atoms with Gasteiger partial charge in [0.05, 0.1) is 30.2 Å². The molecule has 1 atom stereocenters. The van der Waals surface area contributed by atoms with E-state index in [0.717, 1.165) is 22.7 Å². The van der Waals surface area contributed by atoms with E-state index >= 15 is 0 Å². The van der Waals surface area contributed by atoms with Crippen LogP contribution in [0.2, 0.25) is 0 Å². The topological polar surface area (TPSA) is 164 Å². The molecule has 0 aliphatic carbocycles. The summed E-state index contributed by atoms with van der Waals surface area (Å²) >= 11 is 1.06. The predicted octanol–water partition coefficient (Wildman–Crippen LogP) is 0.599. The lowest BCUT2D eigenvalue weighted by atomic mass is 10.2. The molecule has 2 N–H and O–H groups in total. The van der Waals surface area contributed by atoms with Gasteiger partial charge in [0.1, 0.15) is 6.54 Å². The van der Waals surface area contributed by atoms with Gasteiger partial charge in [-0.15, -0.1) is 18.2 Å². The number of thioether (sulfide) groups is 1. The molecule has 0 spiro atoms. The molecule has 0 aromatic carbocycles. The Bertz CT molecular complexity index is 939. The first-order valence-corrected chi connectivity index (χ1v) is 12.2. The fourth-order valence-corrected chi connectivity index (χ4v) is 3.50. The third kappa shape index (κ3) is 10.3. The van der Waals surface area contributed by atoms with Crippen molar-refractivity contribution in [3.8, 4) is 12.3 Å². The van der Waals surface area contributed by atoms with Gasteiger partial charge in [-0.1, -0.05) is 5.92 Å². The number of rotatable bonds is 14. The normalized spacial score (nSPS) is 12.6. The average molecular weight is 503 g/mol. The minimum absolute atomic E-state index is 0.0127. The summed E-state index contributed by atoms with van der Waals surface area (Å²) in [5, 5.41) is 13.8. The lowest BCUT2D eigenvalue weighted by molar-refractivity contribution is -0.388. The second kappa shape index (κ2) is 13.9. The number of hydrogen-bond donors (Lipinski definition) is 2. The fourth-order valence-electron chi connectivity index (χ4n) is 2.29. The summed E-state index contributed by atoms with van der Waals surface area (Å²) in [4.78, 5) is 51.7. The third-order valence-electron chi connectivity index (χ3n) is 3.84. The molecule has 1 heterocycles. The van der Waals surface area contributed by atoms with Gasteiger partial charge < -0.3 is 20.0 Å². The van der Waals surface area contributed by atoms with Crippen molar-refractivity contribution < 1.29 is 33.0 Å². The zero-order valence-electron chi connectivity index (χ0n) is 18.4. The van der Waals surface area contributed by atoms with Crippen molar-refractivity contribution in [2.75, 3.05) is 59.7 Å². The number of pyridine rings is 1. The van der Waals surface area contributed by atoms with Crippen LogP contribution in [0.5, 0.6) is 0 Å². The van der Waals surface area contributed by atoms with E-state index in [9.17, 15) is 29.2 Å². The molecule has 1 unspecified atom stereocenters. The Morgan fingerprint density at radius 2 is 2.06 bits per heavy atom. The molecule has 13 nitrogen and oxygen atoms in total. The van der Waals surface area contributed by atoms with Gasteiger partial charge in [-0.05, 0) is 20.4 Å². The molecular formula is C18H26N5O8PS. The molecule has 2 amide bonds. The second-order valence-electron chi connectivity index (χ2n) is 6.66. The van der Waals surface area contributed by atoms with Gasteiger partial charge >= 0.3 is 13.5 Å². The highest BCUT2D eigenvalue weighted by atomic mass is 32.2. The van der Waals surface area contributed by atoms with E-state index in [1.165, 1.54) is 6.20 Å². The summed E-state index contributed by atoms with van der Waals surface area (Å²) in [6.07, 6.45) is 8.06. The minimum Gasteiger partial charge on any atom is -0.352 e. The average Bonchev–Trinajstić information content (AvgIpc) is 2.75. The number of likely N-dealkylation sites (N-methyl/N-ethyl adjacent to an activating group) is 1. The van der Waals surface area contributed by atoms with Crippen LogP contribution in [0.25, 0.3) is 0 Å². The molecule has 182 valence electrons. The molecule has 0 saturated carbocycles. The van der Waals surface area contributed by atoms with Gasteiger partial charge in [0.15, 0.2) is 5.03 Å². The third-order valence-corrected chi connectivity index (χ3v) is 5.56. The Balaban J connectivity index is 2.65.